The summed E-state index contributed by atoms with van der Waals surface area (Å²) in [5.74, 6) is 0. The Hall–Kier alpha value is -2.98. The largest absolute Gasteiger partial charge is 0.278 e. The van der Waals surface area contributed by atoms with Crippen LogP contribution in [-0.2, 0) is 10.0 Å². The van der Waals surface area contributed by atoms with Crippen LogP contribution in [0.3, 0.4) is 0 Å². The van der Waals surface area contributed by atoms with Crippen molar-refractivity contribution in [2.75, 3.05) is 4.72 Å². The van der Waals surface area contributed by atoms with Crippen molar-refractivity contribution < 1.29 is 8.42 Å². The molecule has 2 aromatic carbocycles. The van der Waals surface area contributed by atoms with Gasteiger partial charge in [0.2, 0.25) is 0 Å². The first-order chi connectivity index (χ1) is 12.6. The summed E-state index contributed by atoms with van der Waals surface area (Å²) in [4.78, 5) is 8.19. The lowest BCUT2D eigenvalue weighted by molar-refractivity contribution is 0.602. The number of hydrogen-bond donors (Lipinski definition) is 1. The normalized spacial score (nSPS) is 9.81. The molecule has 3 rings (SSSR count). The number of hydrogen-bond acceptors (Lipinski definition) is 5. The van der Waals surface area contributed by atoms with Crippen molar-refractivity contribution in [3.05, 3.63) is 60.4 Å². The Morgan fingerprint density at radius 2 is 1.58 bits per heavy atom. The van der Waals surface area contributed by atoms with E-state index in [1.165, 1.54) is 24.5 Å². The van der Waals surface area contributed by atoms with Gasteiger partial charge in [0, 0.05) is 12.4 Å². The van der Waals surface area contributed by atoms with Crippen LogP contribution in [0, 0.1) is 11.3 Å². The Bertz CT molecular complexity index is 990. The van der Waals surface area contributed by atoms with Crippen molar-refractivity contribution in [3.63, 3.8) is 0 Å². The van der Waals surface area contributed by atoms with Crippen molar-refractivity contribution in [2.24, 2.45) is 0 Å². The third kappa shape index (κ3) is 4.77. The van der Waals surface area contributed by atoms with Gasteiger partial charge in [0.25, 0.3) is 10.0 Å². The molecule has 0 atom stereocenters. The van der Waals surface area contributed by atoms with Crippen LogP contribution in [0.1, 0.15) is 33.3 Å². The van der Waals surface area contributed by atoms with Crippen LogP contribution in [-0.4, -0.2) is 18.4 Å². The Kier molecular flexibility index (Phi) is 8.19. The molecule has 6 nitrogen and oxygen atoms in total. The third-order valence-electron chi connectivity index (χ3n) is 3.04. The lowest BCUT2D eigenvalue weighted by atomic mass is 10.2. The van der Waals surface area contributed by atoms with Gasteiger partial charge in [-0.25, -0.2) is 8.42 Å². The average Bonchev–Trinajstić information content (AvgIpc) is 2.70. The molecule has 0 aliphatic carbocycles. The zero-order valence-corrected chi connectivity index (χ0v) is 16.1. The number of rotatable bonds is 3. The molecular formula is C19H22N4O2S. The van der Waals surface area contributed by atoms with Crippen molar-refractivity contribution in [1.29, 1.82) is 5.26 Å². The van der Waals surface area contributed by atoms with E-state index in [0.29, 0.717) is 5.52 Å². The second-order valence-corrected chi connectivity index (χ2v) is 6.09. The maximum atomic E-state index is 12.6. The maximum Gasteiger partial charge on any atom is 0.264 e. The summed E-state index contributed by atoms with van der Waals surface area (Å²) in [7, 11) is -3.88. The van der Waals surface area contributed by atoms with Gasteiger partial charge in [0.05, 0.1) is 16.8 Å². The molecule has 1 aromatic heterocycles. The Labute approximate surface area is 154 Å². The van der Waals surface area contributed by atoms with Crippen LogP contribution in [0.25, 0.3) is 11.0 Å². The fraction of sp³-hybridized carbons (Fsp3) is 0.211. The maximum absolute atomic E-state index is 12.6. The van der Waals surface area contributed by atoms with Gasteiger partial charge < -0.3 is 0 Å². The van der Waals surface area contributed by atoms with Gasteiger partial charge in [0.1, 0.15) is 16.5 Å². The minimum Gasteiger partial charge on any atom is -0.278 e. The molecule has 3 aromatic rings. The summed E-state index contributed by atoms with van der Waals surface area (Å²) in [6, 6.07) is 13.1. The van der Waals surface area contributed by atoms with Crippen molar-refractivity contribution in [2.45, 2.75) is 32.6 Å². The van der Waals surface area contributed by atoms with E-state index in [1.807, 2.05) is 33.8 Å². The minimum absolute atomic E-state index is 0.0193. The summed E-state index contributed by atoms with van der Waals surface area (Å²) < 4.78 is 27.6. The molecule has 0 aliphatic rings. The molecule has 26 heavy (non-hydrogen) atoms. The number of anilines is 1. The van der Waals surface area contributed by atoms with Gasteiger partial charge in [-0.2, -0.15) is 5.26 Å². The summed E-state index contributed by atoms with van der Waals surface area (Å²) >= 11 is 0. The SMILES string of the molecule is CC.CC.N#Cc1ccccc1NS(=O)(=O)c1cccc2nccnc12. The topological polar surface area (TPSA) is 95.7 Å². The van der Waals surface area contributed by atoms with Crippen LogP contribution in [0.5, 0.6) is 0 Å². The van der Waals surface area contributed by atoms with E-state index in [0.717, 1.165) is 0 Å². The average molecular weight is 370 g/mol. The number of nitrogens with one attached hydrogen (secondary N) is 1. The number of nitriles is 1. The Morgan fingerprint density at radius 1 is 0.923 bits per heavy atom. The molecular weight excluding hydrogens is 348 g/mol. The van der Waals surface area contributed by atoms with E-state index in [1.54, 1.807) is 30.3 Å². The van der Waals surface area contributed by atoms with Crippen LogP contribution >= 0.6 is 0 Å². The van der Waals surface area contributed by atoms with Gasteiger partial charge >= 0.3 is 0 Å². The number of aromatic nitrogens is 2. The van der Waals surface area contributed by atoms with E-state index in [-0.39, 0.29) is 21.7 Å². The zero-order chi connectivity index (χ0) is 19.6. The minimum atomic E-state index is -3.88. The lowest BCUT2D eigenvalue weighted by Crippen LogP contribution is -2.14. The fourth-order valence-electron chi connectivity index (χ4n) is 2.05. The lowest BCUT2D eigenvalue weighted by Gasteiger charge is -2.10. The van der Waals surface area contributed by atoms with E-state index in [4.69, 9.17) is 5.26 Å². The van der Waals surface area contributed by atoms with Gasteiger partial charge in [-0.3, -0.25) is 14.7 Å². The molecule has 1 N–H and O–H groups in total. The molecule has 7 heteroatoms. The zero-order valence-electron chi connectivity index (χ0n) is 15.3. The molecule has 0 radical (unpaired) electrons. The Morgan fingerprint density at radius 3 is 2.27 bits per heavy atom. The summed E-state index contributed by atoms with van der Waals surface area (Å²) in [6.07, 6.45) is 2.93. The van der Waals surface area contributed by atoms with Crippen molar-refractivity contribution >= 4 is 26.7 Å². The van der Waals surface area contributed by atoms with Crippen LogP contribution in [0.15, 0.2) is 59.8 Å². The summed E-state index contributed by atoms with van der Waals surface area (Å²) in [6.45, 7) is 8.00. The van der Waals surface area contributed by atoms with Crippen LogP contribution in [0.4, 0.5) is 5.69 Å². The number of para-hydroxylation sites is 2. The molecule has 0 saturated carbocycles. The van der Waals surface area contributed by atoms with Crippen molar-refractivity contribution in [1.82, 2.24) is 9.97 Å². The standard InChI is InChI=1S/C15H10N4O2S.2C2H6/c16-10-11-4-1-2-5-12(11)19-22(20,21)14-7-3-6-13-15(14)18-9-8-17-13;2*1-2/h1-9,19H;2*1-2H3. The molecule has 0 spiro atoms. The first-order valence-electron chi connectivity index (χ1n) is 8.33. The monoisotopic (exact) mass is 370 g/mol. The number of sulfonamides is 1. The van der Waals surface area contributed by atoms with Crippen LogP contribution in [0.2, 0.25) is 0 Å². The van der Waals surface area contributed by atoms with Gasteiger partial charge in [-0.1, -0.05) is 45.9 Å². The second-order valence-electron chi connectivity index (χ2n) is 4.44. The first-order valence-corrected chi connectivity index (χ1v) is 9.82. The highest BCUT2D eigenvalue weighted by atomic mass is 32.2. The van der Waals surface area contributed by atoms with Gasteiger partial charge in [-0.05, 0) is 24.3 Å². The number of nitrogens with zero attached hydrogens (tertiary/aromatic N) is 3. The van der Waals surface area contributed by atoms with E-state index >= 15 is 0 Å². The molecule has 0 aliphatic heterocycles. The highest BCUT2D eigenvalue weighted by molar-refractivity contribution is 7.93. The first kappa shape index (κ1) is 21.1. The van der Waals surface area contributed by atoms with E-state index < -0.39 is 10.0 Å². The predicted octanol–water partition coefficient (Wildman–Crippen LogP) is 4.35. The van der Waals surface area contributed by atoms with Crippen LogP contribution < -0.4 is 4.72 Å². The molecule has 0 amide bonds. The second kappa shape index (κ2) is 10.1. The molecule has 0 unspecified atom stereocenters. The highest BCUT2D eigenvalue weighted by Crippen LogP contribution is 2.23. The highest BCUT2D eigenvalue weighted by Gasteiger charge is 2.19. The predicted molar refractivity (Wildman–Crippen MR) is 104 cm³/mol. The molecule has 136 valence electrons. The smallest absolute Gasteiger partial charge is 0.264 e. The van der Waals surface area contributed by atoms with Gasteiger partial charge in [0.15, 0.2) is 0 Å². The van der Waals surface area contributed by atoms with E-state index in [2.05, 4.69) is 14.7 Å². The third-order valence-corrected chi connectivity index (χ3v) is 4.44. The quantitative estimate of drug-likeness (QED) is 0.739. The van der Waals surface area contributed by atoms with Gasteiger partial charge in [-0.15, -0.1) is 0 Å². The fourth-order valence-corrected chi connectivity index (χ4v) is 3.30. The summed E-state index contributed by atoms with van der Waals surface area (Å²) in [5.41, 5.74) is 1.24. The number of fused-ring (bicyclic) bond motifs is 1. The molecule has 1 heterocycles. The van der Waals surface area contributed by atoms with Crippen molar-refractivity contribution in [3.8, 4) is 6.07 Å². The molecule has 0 fully saturated rings. The molecule has 0 saturated heterocycles. The summed E-state index contributed by atoms with van der Waals surface area (Å²) in [5, 5.41) is 9.05. The molecule has 0 bridgehead atoms. The van der Waals surface area contributed by atoms with E-state index in [9.17, 15) is 8.42 Å². The number of benzene rings is 2. The Balaban J connectivity index is 0.000000791.